The molecule has 0 spiro atoms. The van der Waals surface area contributed by atoms with E-state index >= 15 is 0 Å². The Hall–Kier alpha value is -2.97. The molecule has 152 valence electrons. The van der Waals surface area contributed by atoms with Gasteiger partial charge in [-0.2, -0.15) is 5.26 Å². The molecule has 0 aliphatic rings. The van der Waals surface area contributed by atoms with E-state index in [1.165, 1.54) is 6.08 Å². The van der Waals surface area contributed by atoms with E-state index in [0.29, 0.717) is 35.3 Å². The second-order valence-corrected chi connectivity index (χ2v) is 7.25. The maximum absolute atomic E-state index is 12.1. The van der Waals surface area contributed by atoms with Gasteiger partial charge in [-0.05, 0) is 57.0 Å². The molecule has 0 aliphatic heterocycles. The number of rotatable bonds is 8. The lowest BCUT2D eigenvalue weighted by Gasteiger charge is -2.15. The molecule has 2 rings (SSSR count). The molecule has 0 bridgehead atoms. The highest BCUT2D eigenvalue weighted by molar-refractivity contribution is 6.32. The van der Waals surface area contributed by atoms with Crippen LogP contribution in [0.3, 0.4) is 0 Å². The highest BCUT2D eigenvalue weighted by Crippen LogP contribution is 2.38. The van der Waals surface area contributed by atoms with Gasteiger partial charge in [0.15, 0.2) is 11.5 Å². The van der Waals surface area contributed by atoms with Crippen LogP contribution in [0.15, 0.2) is 42.0 Å². The van der Waals surface area contributed by atoms with Crippen LogP contribution in [-0.2, 0) is 11.4 Å². The van der Waals surface area contributed by atoms with Crippen molar-refractivity contribution in [2.75, 3.05) is 6.61 Å². The predicted octanol–water partition coefficient (Wildman–Crippen LogP) is 5.06. The first-order chi connectivity index (χ1) is 13.8. The number of hydrogen-bond donors (Lipinski definition) is 1. The molecular formula is C23H25ClN2O3. The fraction of sp³-hybridized carbons (Fsp3) is 0.304. The van der Waals surface area contributed by atoms with Gasteiger partial charge in [-0.25, -0.2) is 0 Å². The van der Waals surface area contributed by atoms with Crippen molar-refractivity contribution in [2.24, 2.45) is 0 Å². The molecule has 0 aliphatic carbocycles. The van der Waals surface area contributed by atoms with Crippen LogP contribution < -0.4 is 14.8 Å². The first-order valence-corrected chi connectivity index (χ1v) is 9.79. The van der Waals surface area contributed by atoms with Gasteiger partial charge in [0.1, 0.15) is 18.2 Å². The van der Waals surface area contributed by atoms with Gasteiger partial charge in [-0.3, -0.25) is 4.79 Å². The highest BCUT2D eigenvalue weighted by Gasteiger charge is 2.15. The third kappa shape index (κ3) is 6.55. The van der Waals surface area contributed by atoms with Crippen LogP contribution in [0.4, 0.5) is 0 Å². The summed E-state index contributed by atoms with van der Waals surface area (Å²) in [4.78, 5) is 12.1. The first kappa shape index (κ1) is 22.3. The molecule has 0 fully saturated rings. The molecule has 1 N–H and O–H groups in total. The number of carbonyl (C=O) groups excluding carboxylic acids is 1. The van der Waals surface area contributed by atoms with Crippen molar-refractivity contribution in [3.05, 3.63) is 63.7 Å². The van der Waals surface area contributed by atoms with Crippen LogP contribution in [-0.4, -0.2) is 18.6 Å². The molecule has 1 amide bonds. The number of carbonyl (C=O) groups is 1. The Balaban J connectivity index is 2.32. The number of amides is 1. The summed E-state index contributed by atoms with van der Waals surface area (Å²) >= 11 is 6.44. The molecule has 6 heteroatoms. The highest BCUT2D eigenvalue weighted by atomic mass is 35.5. The van der Waals surface area contributed by atoms with E-state index in [2.05, 4.69) is 5.32 Å². The zero-order chi connectivity index (χ0) is 21.4. The lowest BCUT2D eigenvalue weighted by Crippen LogP contribution is -2.30. The summed E-state index contributed by atoms with van der Waals surface area (Å²) in [7, 11) is 0. The minimum absolute atomic E-state index is 0.00866. The summed E-state index contributed by atoms with van der Waals surface area (Å²) in [5.41, 5.74) is 2.73. The van der Waals surface area contributed by atoms with Gasteiger partial charge in [0.05, 0.1) is 11.6 Å². The SMILES string of the molecule is CCOc1cc(/C=C(/C#N)C(=O)NC(C)C)cc(Cl)c1OCc1cccc(C)c1. The Labute approximate surface area is 176 Å². The van der Waals surface area contributed by atoms with E-state index in [1.807, 2.05) is 58.0 Å². The number of nitriles is 1. The smallest absolute Gasteiger partial charge is 0.262 e. The number of benzene rings is 2. The number of aryl methyl sites for hydroxylation is 1. The third-order valence-electron chi connectivity index (χ3n) is 3.89. The minimum atomic E-state index is -0.434. The molecule has 5 nitrogen and oxygen atoms in total. The van der Waals surface area contributed by atoms with E-state index in [-0.39, 0.29) is 11.6 Å². The topological polar surface area (TPSA) is 71.3 Å². The number of nitrogens with zero attached hydrogens (tertiary/aromatic N) is 1. The average molecular weight is 413 g/mol. The lowest BCUT2D eigenvalue weighted by atomic mass is 10.1. The molecule has 2 aromatic carbocycles. The molecule has 0 atom stereocenters. The summed E-state index contributed by atoms with van der Waals surface area (Å²) in [6.45, 7) is 8.30. The van der Waals surface area contributed by atoms with Crippen LogP contribution in [0.5, 0.6) is 11.5 Å². The quantitative estimate of drug-likeness (QED) is 0.486. The Morgan fingerprint density at radius 3 is 2.66 bits per heavy atom. The Morgan fingerprint density at radius 1 is 1.28 bits per heavy atom. The summed E-state index contributed by atoms with van der Waals surface area (Å²) in [5, 5.41) is 12.4. The van der Waals surface area contributed by atoms with E-state index in [0.717, 1.165) is 11.1 Å². The molecule has 0 saturated heterocycles. The van der Waals surface area contributed by atoms with Crippen molar-refractivity contribution in [2.45, 2.75) is 40.3 Å². The van der Waals surface area contributed by atoms with Crippen molar-refractivity contribution in [3.63, 3.8) is 0 Å². The summed E-state index contributed by atoms with van der Waals surface area (Å²) in [6, 6.07) is 13.2. The van der Waals surface area contributed by atoms with Gasteiger partial charge < -0.3 is 14.8 Å². The number of halogens is 1. The standard InChI is InChI=1S/C23H25ClN2O3/c1-5-28-21-12-18(10-19(13-25)23(27)26-15(2)3)11-20(24)22(21)29-14-17-8-6-7-16(4)9-17/h6-12,15H,5,14H2,1-4H3,(H,26,27)/b19-10-. The predicted molar refractivity (Wildman–Crippen MR) is 115 cm³/mol. The van der Waals surface area contributed by atoms with E-state index in [1.54, 1.807) is 12.1 Å². The Morgan fingerprint density at radius 2 is 2.03 bits per heavy atom. The van der Waals surface area contributed by atoms with Crippen LogP contribution in [0.1, 0.15) is 37.5 Å². The fourth-order valence-corrected chi connectivity index (χ4v) is 2.96. The average Bonchev–Trinajstić information content (AvgIpc) is 2.65. The zero-order valence-electron chi connectivity index (χ0n) is 17.1. The van der Waals surface area contributed by atoms with Gasteiger partial charge in [0, 0.05) is 6.04 Å². The summed E-state index contributed by atoms with van der Waals surface area (Å²) in [6.07, 6.45) is 1.48. The number of hydrogen-bond acceptors (Lipinski definition) is 4. The molecule has 2 aromatic rings. The molecule has 0 aromatic heterocycles. The second kappa shape index (κ2) is 10.5. The third-order valence-corrected chi connectivity index (χ3v) is 4.17. The van der Waals surface area contributed by atoms with Crippen molar-refractivity contribution in [3.8, 4) is 17.6 Å². The van der Waals surface area contributed by atoms with Crippen molar-refractivity contribution < 1.29 is 14.3 Å². The van der Waals surface area contributed by atoms with Gasteiger partial charge >= 0.3 is 0 Å². The van der Waals surface area contributed by atoms with Crippen molar-refractivity contribution in [1.29, 1.82) is 5.26 Å². The molecule has 0 unspecified atom stereocenters. The maximum Gasteiger partial charge on any atom is 0.262 e. The van der Waals surface area contributed by atoms with Crippen molar-refractivity contribution >= 4 is 23.6 Å². The molecule has 0 heterocycles. The molecule has 29 heavy (non-hydrogen) atoms. The molecule has 0 saturated carbocycles. The number of nitrogens with one attached hydrogen (secondary N) is 1. The van der Waals surface area contributed by atoms with Crippen LogP contribution >= 0.6 is 11.6 Å². The Kier molecular flexibility index (Phi) is 8.11. The molecule has 0 radical (unpaired) electrons. The van der Waals surface area contributed by atoms with Crippen LogP contribution in [0, 0.1) is 18.3 Å². The second-order valence-electron chi connectivity index (χ2n) is 6.84. The van der Waals surface area contributed by atoms with E-state index in [4.69, 9.17) is 21.1 Å². The normalized spacial score (nSPS) is 11.1. The van der Waals surface area contributed by atoms with Gasteiger partial charge in [-0.1, -0.05) is 41.4 Å². The minimum Gasteiger partial charge on any atom is -0.490 e. The van der Waals surface area contributed by atoms with Gasteiger partial charge in [-0.15, -0.1) is 0 Å². The monoisotopic (exact) mass is 412 g/mol. The zero-order valence-corrected chi connectivity index (χ0v) is 17.8. The van der Waals surface area contributed by atoms with Crippen LogP contribution in [0.2, 0.25) is 5.02 Å². The lowest BCUT2D eigenvalue weighted by molar-refractivity contribution is -0.117. The largest absolute Gasteiger partial charge is 0.490 e. The summed E-state index contributed by atoms with van der Waals surface area (Å²) < 4.78 is 11.6. The van der Waals surface area contributed by atoms with E-state index < -0.39 is 5.91 Å². The molecular weight excluding hydrogens is 388 g/mol. The van der Waals surface area contributed by atoms with E-state index in [9.17, 15) is 10.1 Å². The maximum atomic E-state index is 12.1. The first-order valence-electron chi connectivity index (χ1n) is 9.41. The van der Waals surface area contributed by atoms with Gasteiger partial charge in [0.25, 0.3) is 5.91 Å². The Bertz CT molecular complexity index is 946. The van der Waals surface area contributed by atoms with Gasteiger partial charge in [0.2, 0.25) is 0 Å². The van der Waals surface area contributed by atoms with Crippen molar-refractivity contribution in [1.82, 2.24) is 5.32 Å². The fourth-order valence-electron chi connectivity index (χ4n) is 2.69. The number of ether oxygens (including phenoxy) is 2. The van der Waals surface area contributed by atoms with Crippen LogP contribution in [0.25, 0.3) is 6.08 Å². The summed E-state index contributed by atoms with van der Waals surface area (Å²) in [5.74, 6) is 0.453.